The predicted octanol–water partition coefficient (Wildman–Crippen LogP) is 5.07. The molecule has 0 fully saturated rings. The summed E-state index contributed by atoms with van der Waals surface area (Å²) >= 11 is 0. The van der Waals surface area contributed by atoms with Crippen LogP contribution in [-0.4, -0.2) is 13.9 Å². The highest BCUT2D eigenvalue weighted by Gasteiger charge is 2.54. The van der Waals surface area contributed by atoms with Crippen LogP contribution in [0.3, 0.4) is 0 Å². The number of hydrogen-bond acceptors (Lipinski definition) is 2. The fourth-order valence-corrected chi connectivity index (χ4v) is 6.11. The summed E-state index contributed by atoms with van der Waals surface area (Å²) in [5, 5.41) is 0. The molecule has 2 bridgehead atoms. The van der Waals surface area contributed by atoms with E-state index in [1.54, 1.807) is 9.36 Å². The molecule has 3 aromatic carbocycles. The van der Waals surface area contributed by atoms with Crippen molar-refractivity contribution in [1.29, 1.82) is 0 Å². The number of hydrogen-bond donors (Lipinski definition) is 0. The lowest BCUT2D eigenvalue weighted by Gasteiger charge is -2.50. The highest BCUT2D eigenvalue weighted by molar-refractivity contribution is 5.58. The number of rotatable bonds is 4. The molecule has 0 N–H and O–H groups in total. The third-order valence-corrected chi connectivity index (χ3v) is 7.46. The third-order valence-electron chi connectivity index (χ3n) is 7.46. The molecule has 0 amide bonds. The molecule has 4 aromatic rings. The van der Waals surface area contributed by atoms with Gasteiger partial charge in [-0.2, -0.15) is 0 Å². The van der Waals surface area contributed by atoms with E-state index in [4.69, 9.17) is 0 Å². The molecule has 0 atom stereocenters. The second-order valence-electron chi connectivity index (χ2n) is 10.7. The minimum atomic E-state index is -0.719. The zero-order chi connectivity index (χ0) is 23.7. The normalized spacial score (nSPS) is 20.0. The van der Waals surface area contributed by atoms with E-state index in [9.17, 15) is 9.59 Å². The van der Waals surface area contributed by atoms with E-state index in [0.29, 0.717) is 5.69 Å². The Labute approximate surface area is 198 Å². The van der Waals surface area contributed by atoms with Crippen LogP contribution in [0.2, 0.25) is 0 Å². The average Bonchev–Trinajstić information content (AvgIpc) is 3.10. The monoisotopic (exact) mass is 451 g/mol. The maximum absolute atomic E-state index is 14.1. The van der Waals surface area contributed by atoms with Gasteiger partial charge in [0.05, 0.1) is 5.69 Å². The molecule has 2 aliphatic heterocycles. The van der Waals surface area contributed by atoms with Gasteiger partial charge in [-0.05, 0) is 59.1 Å². The van der Waals surface area contributed by atoms with Gasteiger partial charge < -0.3 is 0 Å². The van der Waals surface area contributed by atoms with Crippen LogP contribution in [0.5, 0.6) is 0 Å². The molecular weight excluding hydrogens is 422 g/mol. The SMILES string of the molecule is CC(C)(C)CCCC12c3ccccc3C(c3ccccc31)n1c(=O)n(-c3ccccc3)c(=O)n12. The van der Waals surface area contributed by atoms with E-state index in [1.807, 2.05) is 42.5 Å². The first kappa shape index (κ1) is 21.0. The molecule has 0 unspecified atom stereocenters. The average molecular weight is 452 g/mol. The van der Waals surface area contributed by atoms with Gasteiger partial charge >= 0.3 is 11.4 Å². The highest BCUT2D eigenvalue weighted by atomic mass is 16.2. The summed E-state index contributed by atoms with van der Waals surface area (Å²) in [5.41, 5.74) is 4.01. The second-order valence-corrected chi connectivity index (χ2v) is 10.7. The zero-order valence-corrected chi connectivity index (χ0v) is 19.9. The Kier molecular flexibility index (Phi) is 4.44. The van der Waals surface area contributed by atoms with Crippen LogP contribution in [-0.2, 0) is 5.54 Å². The Morgan fingerprint density at radius 3 is 1.91 bits per heavy atom. The van der Waals surface area contributed by atoms with E-state index in [-0.39, 0.29) is 22.8 Å². The van der Waals surface area contributed by atoms with Crippen LogP contribution >= 0.6 is 0 Å². The van der Waals surface area contributed by atoms with Crippen molar-refractivity contribution in [3.8, 4) is 5.69 Å². The molecule has 1 aromatic heterocycles. The summed E-state index contributed by atoms with van der Waals surface area (Å²) in [7, 11) is 0. The van der Waals surface area contributed by atoms with E-state index < -0.39 is 5.54 Å². The smallest absolute Gasteiger partial charge is 0.245 e. The standard InChI is InChI=1S/C29H29N3O2/c1-28(2,3)18-11-19-29-23-16-9-7-14-21(23)25(22-15-8-10-17-24(22)29)31-26(33)30(27(34)32(29)31)20-12-5-4-6-13-20/h4-10,12-17,25H,11,18-19H2,1-3H3. The van der Waals surface area contributed by atoms with E-state index in [2.05, 4.69) is 57.2 Å². The third kappa shape index (κ3) is 2.73. The minimum absolute atomic E-state index is 0.183. The molecule has 5 heteroatoms. The fraction of sp³-hybridized carbons (Fsp3) is 0.310. The van der Waals surface area contributed by atoms with Gasteiger partial charge in [0.1, 0.15) is 11.6 Å². The van der Waals surface area contributed by atoms with E-state index in [1.165, 1.54) is 4.57 Å². The molecular formula is C29H29N3O2. The van der Waals surface area contributed by atoms with Crippen molar-refractivity contribution < 1.29 is 0 Å². The van der Waals surface area contributed by atoms with Crippen LogP contribution in [0.4, 0.5) is 0 Å². The quantitative estimate of drug-likeness (QED) is 0.435. The predicted molar refractivity (Wildman–Crippen MR) is 134 cm³/mol. The van der Waals surface area contributed by atoms with Crippen molar-refractivity contribution in [3.05, 3.63) is 122 Å². The van der Waals surface area contributed by atoms with Crippen molar-refractivity contribution in [2.45, 2.75) is 51.6 Å². The summed E-state index contributed by atoms with van der Waals surface area (Å²) in [4.78, 5) is 28.0. The Morgan fingerprint density at radius 1 is 0.765 bits per heavy atom. The number of aromatic nitrogens is 3. The summed E-state index contributed by atoms with van der Waals surface area (Å²) < 4.78 is 4.83. The highest BCUT2D eigenvalue weighted by Crippen LogP contribution is 2.53. The number of benzene rings is 3. The summed E-state index contributed by atoms with van der Waals surface area (Å²) in [6.07, 6.45) is 2.72. The summed E-state index contributed by atoms with van der Waals surface area (Å²) in [6, 6.07) is 25.7. The maximum Gasteiger partial charge on any atom is 0.353 e. The van der Waals surface area contributed by atoms with Crippen molar-refractivity contribution in [3.63, 3.8) is 0 Å². The number of nitrogens with zero attached hydrogens (tertiary/aromatic N) is 3. The Hall–Kier alpha value is -3.60. The van der Waals surface area contributed by atoms with Gasteiger partial charge in [0.2, 0.25) is 0 Å². The lowest BCUT2D eigenvalue weighted by molar-refractivity contribution is 0.215. The Balaban J connectivity index is 1.70. The molecule has 1 aliphatic carbocycles. The molecule has 34 heavy (non-hydrogen) atoms. The van der Waals surface area contributed by atoms with Crippen LogP contribution in [0.1, 0.15) is 68.3 Å². The first-order valence-corrected chi connectivity index (χ1v) is 12.1. The molecule has 7 rings (SSSR count). The summed E-state index contributed by atoms with van der Waals surface area (Å²) in [6.45, 7) is 6.74. The molecule has 0 spiro atoms. The second kappa shape index (κ2) is 7.20. The van der Waals surface area contributed by atoms with Crippen LogP contribution in [0.25, 0.3) is 5.69 Å². The molecule has 3 heterocycles. The lowest BCUT2D eigenvalue weighted by Crippen LogP contribution is -2.56. The summed E-state index contributed by atoms with van der Waals surface area (Å²) in [5.74, 6) is 0. The maximum atomic E-state index is 14.1. The van der Waals surface area contributed by atoms with Crippen molar-refractivity contribution in [1.82, 2.24) is 13.9 Å². The van der Waals surface area contributed by atoms with Gasteiger partial charge in [0, 0.05) is 0 Å². The van der Waals surface area contributed by atoms with Crippen LogP contribution in [0, 0.1) is 5.41 Å². The van der Waals surface area contributed by atoms with Gasteiger partial charge in [-0.3, -0.25) is 0 Å². The van der Waals surface area contributed by atoms with Gasteiger partial charge in [-0.1, -0.05) is 87.5 Å². The van der Waals surface area contributed by atoms with E-state index in [0.717, 1.165) is 41.5 Å². The molecule has 0 saturated carbocycles. The van der Waals surface area contributed by atoms with Crippen molar-refractivity contribution >= 4 is 0 Å². The van der Waals surface area contributed by atoms with Crippen molar-refractivity contribution in [2.24, 2.45) is 5.41 Å². The Morgan fingerprint density at radius 2 is 1.32 bits per heavy atom. The molecule has 5 nitrogen and oxygen atoms in total. The topological polar surface area (TPSA) is 48.9 Å². The van der Waals surface area contributed by atoms with Crippen molar-refractivity contribution in [2.75, 3.05) is 0 Å². The minimum Gasteiger partial charge on any atom is -0.245 e. The molecule has 172 valence electrons. The number of para-hydroxylation sites is 1. The van der Waals surface area contributed by atoms with Gasteiger partial charge in [-0.25, -0.2) is 23.5 Å². The first-order valence-electron chi connectivity index (χ1n) is 12.1. The molecule has 0 saturated heterocycles. The molecule has 0 radical (unpaired) electrons. The fourth-order valence-electron chi connectivity index (χ4n) is 6.11. The zero-order valence-electron chi connectivity index (χ0n) is 19.9. The van der Waals surface area contributed by atoms with Crippen LogP contribution in [0.15, 0.2) is 88.5 Å². The first-order chi connectivity index (χ1) is 16.3. The van der Waals surface area contributed by atoms with E-state index >= 15 is 0 Å². The molecule has 3 aliphatic rings. The van der Waals surface area contributed by atoms with Gasteiger partial charge in [0.15, 0.2) is 0 Å². The van der Waals surface area contributed by atoms with Crippen LogP contribution < -0.4 is 11.4 Å². The van der Waals surface area contributed by atoms with Gasteiger partial charge in [0.25, 0.3) is 0 Å². The largest absolute Gasteiger partial charge is 0.353 e. The Bertz CT molecular complexity index is 1470. The lowest BCUT2D eigenvalue weighted by atomic mass is 9.66. The van der Waals surface area contributed by atoms with Gasteiger partial charge in [-0.15, -0.1) is 0 Å².